The highest BCUT2D eigenvalue weighted by atomic mass is 19.1. The van der Waals surface area contributed by atoms with Gasteiger partial charge in [-0.3, -0.25) is 4.79 Å². The number of amides is 1. The van der Waals surface area contributed by atoms with Crippen molar-refractivity contribution >= 4 is 11.6 Å². The highest BCUT2D eigenvalue weighted by Gasteiger charge is 2.22. The molecule has 1 aromatic heterocycles. The fourth-order valence-electron chi connectivity index (χ4n) is 3.38. The van der Waals surface area contributed by atoms with Gasteiger partial charge in [0.2, 0.25) is 0 Å². The third-order valence-corrected chi connectivity index (χ3v) is 5.08. The van der Waals surface area contributed by atoms with E-state index in [4.69, 9.17) is 0 Å². The van der Waals surface area contributed by atoms with Gasteiger partial charge in [0.25, 0.3) is 5.91 Å². The van der Waals surface area contributed by atoms with Crippen molar-refractivity contribution in [1.29, 1.82) is 0 Å². The second-order valence-electron chi connectivity index (χ2n) is 8.06. The molecule has 1 atom stereocenters. The monoisotopic (exact) mass is 408 g/mol. The summed E-state index contributed by atoms with van der Waals surface area (Å²) in [6.45, 7) is 8.77. The highest BCUT2D eigenvalue weighted by molar-refractivity contribution is 5.95. The molecule has 30 heavy (non-hydrogen) atoms. The summed E-state index contributed by atoms with van der Waals surface area (Å²) < 4.78 is 15.0. The number of para-hydroxylation sites is 1. The summed E-state index contributed by atoms with van der Waals surface area (Å²) in [5.41, 5.74) is 3.09. The van der Waals surface area contributed by atoms with Gasteiger partial charge in [-0.2, -0.15) is 5.10 Å². The number of benzene rings is 2. The second-order valence-corrected chi connectivity index (χ2v) is 8.06. The number of carbonyl (C=O) groups is 1. The van der Waals surface area contributed by atoms with Crippen LogP contribution in [0.25, 0.3) is 5.69 Å². The van der Waals surface area contributed by atoms with E-state index in [-0.39, 0.29) is 23.7 Å². The third-order valence-electron chi connectivity index (χ3n) is 5.08. The van der Waals surface area contributed by atoms with Crippen LogP contribution in [0.15, 0.2) is 60.8 Å². The lowest BCUT2D eigenvalue weighted by Crippen LogP contribution is -2.39. The SMILES string of the molecule is CC(C)c1c(C(=O)NCC(Nc2ccccc2)C(C)C)cnn1-c1ccc(F)cc1. The first-order valence-corrected chi connectivity index (χ1v) is 10.3. The van der Waals surface area contributed by atoms with E-state index in [9.17, 15) is 9.18 Å². The fraction of sp³-hybridized carbons (Fsp3) is 0.333. The Hall–Kier alpha value is -3.15. The molecule has 0 radical (unpaired) electrons. The molecule has 3 aromatic rings. The van der Waals surface area contributed by atoms with Gasteiger partial charge in [-0.05, 0) is 48.2 Å². The Kier molecular flexibility index (Phi) is 6.87. The number of hydrogen-bond acceptors (Lipinski definition) is 3. The fourth-order valence-corrected chi connectivity index (χ4v) is 3.38. The van der Waals surface area contributed by atoms with E-state index in [0.717, 1.165) is 17.1 Å². The smallest absolute Gasteiger partial charge is 0.254 e. The van der Waals surface area contributed by atoms with E-state index < -0.39 is 0 Å². The molecule has 0 aliphatic carbocycles. The Labute approximate surface area is 177 Å². The van der Waals surface area contributed by atoms with Gasteiger partial charge in [-0.25, -0.2) is 9.07 Å². The van der Waals surface area contributed by atoms with Gasteiger partial charge in [-0.15, -0.1) is 0 Å². The maximum absolute atomic E-state index is 13.3. The summed E-state index contributed by atoms with van der Waals surface area (Å²) in [6.07, 6.45) is 1.59. The Morgan fingerprint density at radius 2 is 1.70 bits per heavy atom. The Bertz CT molecular complexity index is 965. The molecule has 0 aliphatic rings. The number of anilines is 1. The molecule has 0 fully saturated rings. The summed E-state index contributed by atoms with van der Waals surface area (Å²) in [7, 11) is 0. The van der Waals surface area contributed by atoms with E-state index in [1.807, 2.05) is 44.2 Å². The van der Waals surface area contributed by atoms with Crippen molar-refractivity contribution in [2.45, 2.75) is 39.7 Å². The molecule has 1 unspecified atom stereocenters. The van der Waals surface area contributed by atoms with E-state index in [0.29, 0.717) is 18.0 Å². The lowest BCUT2D eigenvalue weighted by Gasteiger charge is -2.24. The van der Waals surface area contributed by atoms with Crippen molar-refractivity contribution in [1.82, 2.24) is 15.1 Å². The van der Waals surface area contributed by atoms with Crippen LogP contribution in [0.4, 0.5) is 10.1 Å². The molecule has 0 bridgehead atoms. The van der Waals surface area contributed by atoms with Crippen LogP contribution in [-0.2, 0) is 0 Å². The van der Waals surface area contributed by atoms with Gasteiger partial charge >= 0.3 is 0 Å². The molecule has 1 amide bonds. The second kappa shape index (κ2) is 9.57. The van der Waals surface area contributed by atoms with Crippen LogP contribution >= 0.6 is 0 Å². The zero-order valence-electron chi connectivity index (χ0n) is 17.9. The van der Waals surface area contributed by atoms with Crippen molar-refractivity contribution in [3.05, 3.63) is 77.9 Å². The van der Waals surface area contributed by atoms with Crippen molar-refractivity contribution in [2.75, 3.05) is 11.9 Å². The van der Waals surface area contributed by atoms with Gasteiger partial charge < -0.3 is 10.6 Å². The summed E-state index contributed by atoms with van der Waals surface area (Å²) in [6, 6.07) is 16.2. The van der Waals surface area contributed by atoms with Crippen LogP contribution < -0.4 is 10.6 Å². The van der Waals surface area contributed by atoms with Gasteiger partial charge in [0.1, 0.15) is 5.82 Å². The van der Waals surface area contributed by atoms with E-state index in [1.54, 1.807) is 23.0 Å². The van der Waals surface area contributed by atoms with Crippen molar-refractivity contribution in [3.63, 3.8) is 0 Å². The van der Waals surface area contributed by atoms with Crippen LogP contribution in [0, 0.1) is 11.7 Å². The predicted molar refractivity (Wildman–Crippen MR) is 119 cm³/mol. The molecule has 5 nitrogen and oxygen atoms in total. The number of aromatic nitrogens is 2. The van der Waals surface area contributed by atoms with Gasteiger partial charge in [0.05, 0.1) is 23.1 Å². The summed E-state index contributed by atoms with van der Waals surface area (Å²) in [5.74, 6) is -0.0631. The van der Waals surface area contributed by atoms with Gasteiger partial charge in [0, 0.05) is 18.3 Å². The maximum Gasteiger partial charge on any atom is 0.254 e. The number of rotatable bonds is 8. The number of halogens is 1. The zero-order valence-corrected chi connectivity index (χ0v) is 17.9. The Balaban J connectivity index is 1.76. The molecule has 158 valence electrons. The average Bonchev–Trinajstić information content (AvgIpc) is 3.17. The molecule has 2 N–H and O–H groups in total. The number of hydrogen-bond donors (Lipinski definition) is 2. The molecular weight excluding hydrogens is 379 g/mol. The molecule has 6 heteroatoms. The standard InChI is InChI=1S/C24H29FN4O/c1-16(2)22(28-19-8-6-5-7-9-19)15-26-24(30)21-14-27-29(23(21)17(3)4)20-12-10-18(25)11-13-20/h5-14,16-17,22,28H,15H2,1-4H3,(H,26,30). The molecule has 0 spiro atoms. The van der Waals surface area contributed by atoms with Crippen LogP contribution in [0.3, 0.4) is 0 Å². The van der Waals surface area contributed by atoms with Crippen LogP contribution in [0.2, 0.25) is 0 Å². The van der Waals surface area contributed by atoms with E-state index in [2.05, 4.69) is 29.6 Å². The molecule has 3 rings (SSSR count). The van der Waals surface area contributed by atoms with E-state index in [1.165, 1.54) is 12.1 Å². The highest BCUT2D eigenvalue weighted by Crippen LogP contribution is 2.23. The minimum atomic E-state index is -0.305. The van der Waals surface area contributed by atoms with Crippen molar-refractivity contribution < 1.29 is 9.18 Å². The van der Waals surface area contributed by atoms with Crippen molar-refractivity contribution in [3.8, 4) is 5.69 Å². The molecular formula is C24H29FN4O. The summed E-state index contributed by atoms with van der Waals surface area (Å²) >= 11 is 0. The molecule has 2 aromatic carbocycles. The molecule has 0 saturated carbocycles. The third kappa shape index (κ3) is 5.06. The largest absolute Gasteiger partial charge is 0.380 e. The summed E-state index contributed by atoms with van der Waals surface area (Å²) in [5, 5.41) is 10.9. The minimum absolute atomic E-state index is 0.0710. The zero-order chi connectivity index (χ0) is 21.7. The average molecular weight is 409 g/mol. The normalized spacial score (nSPS) is 12.2. The van der Waals surface area contributed by atoms with E-state index >= 15 is 0 Å². The summed E-state index contributed by atoms with van der Waals surface area (Å²) in [4.78, 5) is 13.0. The molecule has 0 aliphatic heterocycles. The van der Waals surface area contributed by atoms with Crippen molar-refractivity contribution in [2.24, 2.45) is 5.92 Å². The quantitative estimate of drug-likeness (QED) is 0.551. The molecule has 1 heterocycles. The first-order valence-electron chi connectivity index (χ1n) is 10.3. The number of nitrogens with zero attached hydrogens (tertiary/aromatic N) is 2. The van der Waals surface area contributed by atoms with Crippen LogP contribution in [0.5, 0.6) is 0 Å². The lowest BCUT2D eigenvalue weighted by molar-refractivity contribution is 0.0949. The number of carbonyl (C=O) groups excluding carboxylic acids is 1. The minimum Gasteiger partial charge on any atom is -0.380 e. The van der Waals surface area contributed by atoms with Gasteiger partial charge in [0.15, 0.2) is 0 Å². The topological polar surface area (TPSA) is 59.0 Å². The lowest BCUT2D eigenvalue weighted by atomic mass is 10.0. The first kappa shape index (κ1) is 21.6. The molecule has 0 saturated heterocycles. The van der Waals surface area contributed by atoms with Crippen LogP contribution in [0.1, 0.15) is 49.7 Å². The van der Waals surface area contributed by atoms with Crippen LogP contribution in [-0.4, -0.2) is 28.3 Å². The van der Waals surface area contributed by atoms with Gasteiger partial charge in [-0.1, -0.05) is 45.9 Å². The Morgan fingerprint density at radius 3 is 2.30 bits per heavy atom. The Morgan fingerprint density at radius 1 is 1.03 bits per heavy atom. The number of nitrogens with one attached hydrogen (secondary N) is 2. The predicted octanol–water partition coefficient (Wildman–Crippen LogP) is 5.00. The maximum atomic E-state index is 13.3. The first-order chi connectivity index (χ1) is 14.4.